The number of piperazine rings is 1. The van der Waals surface area contributed by atoms with Gasteiger partial charge in [0, 0.05) is 37.2 Å². The van der Waals surface area contributed by atoms with E-state index in [2.05, 4.69) is 38.1 Å². The van der Waals surface area contributed by atoms with Crippen LogP contribution >= 0.6 is 15.9 Å². The highest BCUT2D eigenvalue weighted by Gasteiger charge is 2.13. The molecule has 0 radical (unpaired) electrons. The number of halogens is 1. The summed E-state index contributed by atoms with van der Waals surface area (Å²) in [5.74, 6) is -0.00384. The lowest BCUT2D eigenvalue weighted by Crippen LogP contribution is -2.45. The Morgan fingerprint density at radius 3 is 2.65 bits per heavy atom. The first kappa shape index (κ1) is 15.5. The number of likely N-dealkylation sites (N-methyl/N-ethyl adjacent to an activating group) is 1. The van der Waals surface area contributed by atoms with Gasteiger partial charge in [-0.05, 0) is 48.1 Å². The first-order chi connectivity index (χ1) is 9.66. The molecule has 0 saturated carbocycles. The van der Waals surface area contributed by atoms with Crippen molar-refractivity contribution < 1.29 is 4.79 Å². The van der Waals surface area contributed by atoms with Crippen LogP contribution in [0, 0.1) is 0 Å². The molecule has 1 amide bonds. The Morgan fingerprint density at radius 1 is 1.25 bits per heavy atom. The van der Waals surface area contributed by atoms with E-state index in [-0.39, 0.29) is 5.91 Å². The number of nitrogens with zero attached hydrogens (tertiary/aromatic N) is 2. The standard InChI is InChI=1S/C15H22BrN3O/c1-18-9-11-19(12-10-18)8-4-7-17-15(20)13-5-2-3-6-14(13)16/h2-3,5-6H,4,7-12H2,1H3,(H,17,20). The maximum Gasteiger partial charge on any atom is 0.252 e. The number of amides is 1. The number of benzene rings is 1. The molecule has 0 aromatic heterocycles. The van der Waals surface area contributed by atoms with Crippen LogP contribution in [-0.2, 0) is 0 Å². The van der Waals surface area contributed by atoms with Gasteiger partial charge in [-0.2, -0.15) is 0 Å². The van der Waals surface area contributed by atoms with Gasteiger partial charge in [-0.3, -0.25) is 4.79 Å². The normalized spacial score (nSPS) is 17.1. The van der Waals surface area contributed by atoms with Crippen LogP contribution in [-0.4, -0.2) is 62.0 Å². The zero-order chi connectivity index (χ0) is 14.4. The fraction of sp³-hybridized carbons (Fsp3) is 0.533. The molecule has 1 heterocycles. The minimum atomic E-state index is -0.00384. The molecule has 1 aromatic carbocycles. The molecule has 1 N–H and O–H groups in total. The molecule has 1 saturated heterocycles. The number of rotatable bonds is 5. The number of carbonyl (C=O) groups excluding carboxylic acids is 1. The smallest absolute Gasteiger partial charge is 0.252 e. The van der Waals surface area contributed by atoms with E-state index in [0.717, 1.165) is 50.2 Å². The van der Waals surface area contributed by atoms with Crippen LogP contribution in [0.2, 0.25) is 0 Å². The Labute approximate surface area is 129 Å². The van der Waals surface area contributed by atoms with E-state index in [4.69, 9.17) is 0 Å². The summed E-state index contributed by atoms with van der Waals surface area (Å²) in [5.41, 5.74) is 0.701. The fourth-order valence-corrected chi connectivity index (χ4v) is 2.78. The van der Waals surface area contributed by atoms with Gasteiger partial charge in [0.15, 0.2) is 0 Å². The Balaban J connectivity index is 1.66. The quantitative estimate of drug-likeness (QED) is 0.831. The van der Waals surface area contributed by atoms with Crippen molar-refractivity contribution in [1.29, 1.82) is 0 Å². The molecule has 0 unspecified atom stereocenters. The SMILES string of the molecule is CN1CCN(CCCNC(=O)c2ccccc2Br)CC1. The molecule has 0 bridgehead atoms. The lowest BCUT2D eigenvalue weighted by Gasteiger charge is -2.32. The Bertz CT molecular complexity index is 444. The minimum Gasteiger partial charge on any atom is -0.352 e. The van der Waals surface area contributed by atoms with Gasteiger partial charge in [0.2, 0.25) is 0 Å². The summed E-state index contributed by atoms with van der Waals surface area (Å²) in [5, 5.41) is 2.98. The number of nitrogens with one attached hydrogen (secondary N) is 1. The van der Waals surface area contributed by atoms with Crippen molar-refractivity contribution in [3.8, 4) is 0 Å². The third-order valence-electron chi connectivity index (χ3n) is 3.65. The van der Waals surface area contributed by atoms with Crippen molar-refractivity contribution in [2.75, 3.05) is 46.3 Å². The molecule has 1 aliphatic heterocycles. The van der Waals surface area contributed by atoms with Crippen LogP contribution < -0.4 is 5.32 Å². The van der Waals surface area contributed by atoms with E-state index >= 15 is 0 Å². The Morgan fingerprint density at radius 2 is 1.95 bits per heavy atom. The van der Waals surface area contributed by atoms with Crippen molar-refractivity contribution in [3.05, 3.63) is 34.3 Å². The summed E-state index contributed by atoms with van der Waals surface area (Å²) in [6.45, 7) is 6.34. The van der Waals surface area contributed by atoms with Gasteiger partial charge in [0.1, 0.15) is 0 Å². The molecule has 0 spiro atoms. The average molecular weight is 340 g/mol. The summed E-state index contributed by atoms with van der Waals surface area (Å²) < 4.78 is 0.844. The van der Waals surface area contributed by atoms with Crippen LogP contribution in [0.5, 0.6) is 0 Å². The molecule has 1 aromatic rings. The summed E-state index contributed by atoms with van der Waals surface area (Å²) in [6.07, 6.45) is 1.000. The van der Waals surface area contributed by atoms with Crippen molar-refractivity contribution in [2.24, 2.45) is 0 Å². The van der Waals surface area contributed by atoms with E-state index in [1.165, 1.54) is 0 Å². The molecular weight excluding hydrogens is 318 g/mol. The monoisotopic (exact) mass is 339 g/mol. The topological polar surface area (TPSA) is 35.6 Å². The van der Waals surface area contributed by atoms with Gasteiger partial charge in [-0.15, -0.1) is 0 Å². The van der Waals surface area contributed by atoms with Gasteiger partial charge < -0.3 is 15.1 Å². The highest BCUT2D eigenvalue weighted by atomic mass is 79.9. The van der Waals surface area contributed by atoms with Crippen LogP contribution in [0.25, 0.3) is 0 Å². The zero-order valence-electron chi connectivity index (χ0n) is 11.9. The third-order valence-corrected chi connectivity index (χ3v) is 4.34. The van der Waals surface area contributed by atoms with Crippen LogP contribution in [0.1, 0.15) is 16.8 Å². The summed E-state index contributed by atoms with van der Waals surface area (Å²) in [4.78, 5) is 16.8. The number of hydrogen-bond acceptors (Lipinski definition) is 3. The van der Waals surface area contributed by atoms with Crippen molar-refractivity contribution in [2.45, 2.75) is 6.42 Å². The highest BCUT2D eigenvalue weighted by molar-refractivity contribution is 9.10. The van der Waals surface area contributed by atoms with Crippen LogP contribution in [0.3, 0.4) is 0 Å². The summed E-state index contributed by atoms with van der Waals surface area (Å²) in [6, 6.07) is 7.51. The predicted molar refractivity (Wildman–Crippen MR) is 85.0 cm³/mol. The minimum absolute atomic E-state index is 0.00384. The second-order valence-electron chi connectivity index (χ2n) is 5.23. The Kier molecular flexibility index (Phi) is 6.01. The fourth-order valence-electron chi connectivity index (χ4n) is 2.32. The van der Waals surface area contributed by atoms with Crippen molar-refractivity contribution in [3.63, 3.8) is 0 Å². The van der Waals surface area contributed by atoms with E-state index in [9.17, 15) is 4.79 Å². The molecule has 1 aliphatic rings. The second kappa shape index (κ2) is 7.76. The number of hydrogen-bond donors (Lipinski definition) is 1. The van der Waals surface area contributed by atoms with Gasteiger partial charge in [0.05, 0.1) is 5.56 Å². The van der Waals surface area contributed by atoms with E-state index in [0.29, 0.717) is 5.56 Å². The summed E-state index contributed by atoms with van der Waals surface area (Å²) >= 11 is 3.40. The molecule has 110 valence electrons. The predicted octanol–water partition coefficient (Wildman–Crippen LogP) is 1.82. The molecule has 2 rings (SSSR count). The van der Waals surface area contributed by atoms with Crippen LogP contribution in [0.15, 0.2) is 28.7 Å². The Hall–Kier alpha value is -0.910. The molecule has 0 atom stereocenters. The second-order valence-corrected chi connectivity index (χ2v) is 6.09. The molecule has 4 nitrogen and oxygen atoms in total. The van der Waals surface area contributed by atoms with Gasteiger partial charge in [-0.1, -0.05) is 12.1 Å². The van der Waals surface area contributed by atoms with E-state index < -0.39 is 0 Å². The first-order valence-electron chi connectivity index (χ1n) is 7.10. The lowest BCUT2D eigenvalue weighted by molar-refractivity contribution is 0.0948. The van der Waals surface area contributed by atoms with Crippen LogP contribution in [0.4, 0.5) is 0 Å². The third kappa shape index (κ3) is 4.58. The zero-order valence-corrected chi connectivity index (χ0v) is 13.5. The van der Waals surface area contributed by atoms with Gasteiger partial charge >= 0.3 is 0 Å². The van der Waals surface area contributed by atoms with Gasteiger partial charge in [0.25, 0.3) is 5.91 Å². The van der Waals surface area contributed by atoms with Gasteiger partial charge in [-0.25, -0.2) is 0 Å². The highest BCUT2D eigenvalue weighted by Crippen LogP contribution is 2.15. The molecule has 1 fully saturated rings. The van der Waals surface area contributed by atoms with Crippen molar-refractivity contribution in [1.82, 2.24) is 15.1 Å². The molecule has 20 heavy (non-hydrogen) atoms. The van der Waals surface area contributed by atoms with E-state index in [1.807, 2.05) is 24.3 Å². The van der Waals surface area contributed by atoms with Crippen molar-refractivity contribution >= 4 is 21.8 Å². The lowest BCUT2D eigenvalue weighted by atomic mass is 10.2. The maximum absolute atomic E-state index is 12.0. The number of carbonyl (C=O) groups is 1. The molecular formula is C15H22BrN3O. The van der Waals surface area contributed by atoms with E-state index in [1.54, 1.807) is 0 Å². The largest absolute Gasteiger partial charge is 0.352 e. The summed E-state index contributed by atoms with van der Waals surface area (Å²) in [7, 11) is 2.16. The average Bonchev–Trinajstić information content (AvgIpc) is 2.46. The molecule has 0 aliphatic carbocycles. The molecule has 5 heteroatoms. The maximum atomic E-state index is 12.0. The first-order valence-corrected chi connectivity index (χ1v) is 7.90.